The summed E-state index contributed by atoms with van der Waals surface area (Å²) in [5.74, 6) is -0.596. The van der Waals surface area contributed by atoms with Crippen LogP contribution >= 0.6 is 0 Å². The van der Waals surface area contributed by atoms with Gasteiger partial charge in [-0.1, -0.05) is 237 Å². The lowest BCUT2D eigenvalue weighted by molar-refractivity contribution is -0.132. The van der Waals surface area contributed by atoms with E-state index in [2.05, 4.69) is 55.6 Å². The number of hydrogen-bond acceptors (Lipinski definition) is 5. The third-order valence-corrected chi connectivity index (χ3v) is 12.6. The van der Waals surface area contributed by atoms with Crippen LogP contribution in [0.4, 0.5) is 0 Å². The third kappa shape index (κ3) is 43.6. The van der Waals surface area contributed by atoms with E-state index in [1.54, 1.807) is 0 Å². The van der Waals surface area contributed by atoms with E-state index in [0.29, 0.717) is 19.3 Å². The van der Waals surface area contributed by atoms with Crippen molar-refractivity contribution in [1.29, 1.82) is 0 Å². The van der Waals surface area contributed by atoms with Gasteiger partial charge in [-0.25, -0.2) is 0 Å². The zero-order valence-electron chi connectivity index (χ0n) is 40.7. The van der Waals surface area contributed by atoms with Gasteiger partial charge < -0.3 is 25.7 Å². The molecule has 0 aromatic rings. The van der Waals surface area contributed by atoms with Gasteiger partial charge in [-0.2, -0.15) is 0 Å². The van der Waals surface area contributed by atoms with Crippen molar-refractivity contribution in [3.63, 3.8) is 0 Å². The van der Waals surface area contributed by atoms with E-state index in [-0.39, 0.29) is 0 Å². The molecule has 0 aromatic heterocycles. The van der Waals surface area contributed by atoms with Gasteiger partial charge in [0.25, 0.3) is 0 Å². The molecule has 0 aliphatic carbocycles. The fourth-order valence-corrected chi connectivity index (χ4v) is 8.30. The Morgan fingerprint density at radius 3 is 1.05 bits per heavy atom. The molecule has 360 valence electrons. The molecule has 5 N–H and O–H groups in total. The van der Waals surface area contributed by atoms with Crippen LogP contribution in [-0.2, 0) is 4.79 Å². The zero-order chi connectivity index (χ0) is 44.5. The van der Waals surface area contributed by atoms with Crippen LogP contribution in [0.5, 0.6) is 0 Å². The highest BCUT2D eigenvalue weighted by molar-refractivity contribution is 5.80. The van der Waals surface area contributed by atoms with E-state index in [9.17, 15) is 25.2 Å². The van der Waals surface area contributed by atoms with E-state index in [1.165, 1.54) is 199 Å². The van der Waals surface area contributed by atoms with Crippen molar-refractivity contribution in [3.8, 4) is 0 Å². The van der Waals surface area contributed by atoms with Gasteiger partial charge in [-0.15, -0.1) is 0 Å². The van der Waals surface area contributed by atoms with Crippen molar-refractivity contribution in [2.45, 2.75) is 301 Å². The number of amides is 1. The molecule has 61 heavy (non-hydrogen) atoms. The quantitative estimate of drug-likeness (QED) is 0.0309. The van der Waals surface area contributed by atoms with Gasteiger partial charge in [0.2, 0.25) is 5.91 Å². The minimum absolute atomic E-state index is 0.362. The normalized spacial score (nSPS) is 14.1. The number of rotatable bonds is 49. The molecular weight excluding hydrogens is 755 g/mol. The van der Waals surface area contributed by atoms with Gasteiger partial charge in [0, 0.05) is 0 Å². The fourth-order valence-electron chi connectivity index (χ4n) is 8.30. The number of hydrogen-bond donors (Lipinski definition) is 5. The molecule has 0 aliphatic rings. The second kappa shape index (κ2) is 49.5. The van der Waals surface area contributed by atoms with Gasteiger partial charge in [0.1, 0.15) is 12.2 Å². The Labute approximate surface area is 379 Å². The molecule has 0 rings (SSSR count). The van der Waals surface area contributed by atoms with Crippen LogP contribution in [0.25, 0.3) is 0 Å². The highest BCUT2D eigenvalue weighted by Crippen LogP contribution is 2.17. The number of aliphatic hydroxyl groups is 4. The Kier molecular flexibility index (Phi) is 48.3. The molecule has 0 bridgehead atoms. The van der Waals surface area contributed by atoms with Gasteiger partial charge in [-0.3, -0.25) is 4.79 Å². The lowest BCUT2D eigenvalue weighted by Gasteiger charge is -2.27. The summed E-state index contributed by atoms with van der Waals surface area (Å²) in [6.45, 7) is 4.03. The summed E-state index contributed by atoms with van der Waals surface area (Å²) in [7, 11) is 0. The monoisotopic (exact) mass is 860 g/mol. The Balaban J connectivity index is 3.58. The maximum absolute atomic E-state index is 12.5. The summed E-state index contributed by atoms with van der Waals surface area (Å²) in [5, 5.41) is 43.7. The maximum atomic E-state index is 12.5. The highest BCUT2D eigenvalue weighted by Gasteiger charge is 2.28. The van der Waals surface area contributed by atoms with E-state index < -0.39 is 36.9 Å². The Hall–Kier alpha value is -1.47. The van der Waals surface area contributed by atoms with Crippen molar-refractivity contribution >= 4 is 5.91 Å². The first-order valence-electron chi connectivity index (χ1n) is 26.9. The highest BCUT2D eigenvalue weighted by atomic mass is 16.3. The van der Waals surface area contributed by atoms with E-state index in [0.717, 1.165) is 44.9 Å². The average Bonchev–Trinajstić information content (AvgIpc) is 3.26. The van der Waals surface area contributed by atoms with E-state index >= 15 is 0 Å². The average molecular weight is 860 g/mol. The van der Waals surface area contributed by atoms with Crippen LogP contribution in [0.2, 0.25) is 0 Å². The Morgan fingerprint density at radius 2 is 0.689 bits per heavy atom. The number of carbonyl (C=O) groups is 1. The number of unbranched alkanes of at least 4 members (excludes halogenated alkanes) is 34. The van der Waals surface area contributed by atoms with Gasteiger partial charge >= 0.3 is 0 Å². The van der Waals surface area contributed by atoms with Gasteiger partial charge in [0.15, 0.2) is 0 Å². The second-order valence-electron chi connectivity index (χ2n) is 18.6. The smallest absolute Gasteiger partial charge is 0.249 e. The SMILES string of the molecule is CCCCCC/C=C/CC/C=C/CCCC(O)C(O)C(CO)NC(=O)C(O)CCCCCCCCCCCCCCCCCC/C=C\CCCCCCCCCCCCCC. The number of nitrogens with one attached hydrogen (secondary N) is 1. The van der Waals surface area contributed by atoms with Crippen LogP contribution in [0, 0.1) is 0 Å². The first-order chi connectivity index (χ1) is 30.0. The molecule has 0 heterocycles. The fraction of sp³-hybridized carbons (Fsp3) is 0.873. The number of allylic oxidation sites excluding steroid dienone is 6. The van der Waals surface area contributed by atoms with E-state index in [1.807, 2.05) is 0 Å². The van der Waals surface area contributed by atoms with Crippen LogP contribution < -0.4 is 5.32 Å². The summed E-state index contributed by atoms with van der Waals surface area (Å²) in [5.41, 5.74) is 0. The minimum atomic E-state index is -1.29. The van der Waals surface area contributed by atoms with Crippen LogP contribution in [0.15, 0.2) is 36.5 Å². The molecule has 4 atom stereocenters. The topological polar surface area (TPSA) is 110 Å². The van der Waals surface area contributed by atoms with Gasteiger partial charge in [-0.05, 0) is 77.0 Å². The molecule has 0 aromatic carbocycles. The summed E-state index contributed by atoms with van der Waals surface area (Å²) < 4.78 is 0. The third-order valence-electron chi connectivity index (χ3n) is 12.6. The standard InChI is InChI=1S/C55H105NO5/c1-3-5-7-9-11-13-15-17-18-19-20-21-22-23-24-25-26-27-28-29-30-31-32-33-34-35-37-39-41-43-45-47-49-53(59)55(61)56-51(50-57)54(60)52(58)48-46-44-42-40-38-36-16-14-12-10-8-6-4-2/h14,16,23-24,40,42,51-54,57-60H,3-13,15,17-22,25-39,41,43-50H2,1-2H3,(H,56,61)/b16-14+,24-23-,42-40+. The first-order valence-corrected chi connectivity index (χ1v) is 26.9. The van der Waals surface area contributed by atoms with Crippen molar-refractivity contribution in [1.82, 2.24) is 5.32 Å². The van der Waals surface area contributed by atoms with Crippen LogP contribution in [0.1, 0.15) is 277 Å². The summed E-state index contributed by atoms with van der Waals surface area (Å²) >= 11 is 0. The van der Waals surface area contributed by atoms with E-state index in [4.69, 9.17) is 0 Å². The molecule has 0 spiro atoms. The maximum Gasteiger partial charge on any atom is 0.249 e. The largest absolute Gasteiger partial charge is 0.394 e. The van der Waals surface area contributed by atoms with Crippen molar-refractivity contribution in [2.75, 3.05) is 6.61 Å². The number of aliphatic hydroxyl groups excluding tert-OH is 4. The summed E-state index contributed by atoms with van der Waals surface area (Å²) in [4.78, 5) is 12.5. The predicted octanol–water partition coefficient (Wildman–Crippen LogP) is 15.2. The van der Waals surface area contributed by atoms with Crippen LogP contribution in [0.3, 0.4) is 0 Å². The Morgan fingerprint density at radius 1 is 0.393 bits per heavy atom. The molecule has 4 unspecified atom stereocenters. The zero-order valence-corrected chi connectivity index (χ0v) is 40.7. The lowest BCUT2D eigenvalue weighted by Crippen LogP contribution is -2.53. The van der Waals surface area contributed by atoms with Crippen molar-refractivity contribution < 1.29 is 25.2 Å². The molecule has 0 radical (unpaired) electrons. The van der Waals surface area contributed by atoms with Crippen molar-refractivity contribution in [2.24, 2.45) is 0 Å². The summed E-state index contributed by atoms with van der Waals surface area (Å²) in [6, 6.07) is -1.01. The first kappa shape index (κ1) is 59.5. The minimum Gasteiger partial charge on any atom is -0.394 e. The molecule has 0 fully saturated rings. The molecule has 1 amide bonds. The molecule has 6 heteroatoms. The molecule has 0 saturated heterocycles. The molecule has 0 saturated carbocycles. The number of carbonyl (C=O) groups excluding carboxylic acids is 1. The molecule has 0 aliphatic heterocycles. The van der Waals surface area contributed by atoms with Crippen LogP contribution in [-0.4, -0.2) is 57.3 Å². The molecule has 6 nitrogen and oxygen atoms in total. The van der Waals surface area contributed by atoms with Crippen molar-refractivity contribution in [3.05, 3.63) is 36.5 Å². The lowest BCUT2D eigenvalue weighted by atomic mass is 10.00. The molecular formula is C55H105NO5. The van der Waals surface area contributed by atoms with Gasteiger partial charge in [0.05, 0.1) is 18.8 Å². The summed E-state index contributed by atoms with van der Waals surface area (Å²) in [6.07, 6.45) is 60.8. The second-order valence-corrected chi connectivity index (χ2v) is 18.6. The predicted molar refractivity (Wildman–Crippen MR) is 265 cm³/mol. The Bertz CT molecular complexity index is 966.